The Morgan fingerprint density at radius 2 is 1.71 bits per heavy atom. The van der Waals surface area contributed by atoms with Gasteiger partial charge in [-0.25, -0.2) is 32.7 Å². The first-order valence-electron chi connectivity index (χ1n) is 13.2. The molecule has 0 saturated carbocycles. The molecule has 1 aliphatic heterocycles. The highest BCUT2D eigenvalue weighted by atomic mass is 35.5. The Morgan fingerprint density at radius 3 is 2.33 bits per heavy atom. The zero-order valence-corrected chi connectivity index (χ0v) is 26.1. The van der Waals surface area contributed by atoms with Crippen molar-refractivity contribution in [3.63, 3.8) is 0 Å². The van der Waals surface area contributed by atoms with Gasteiger partial charge in [0.2, 0.25) is 0 Å². The lowest BCUT2D eigenvalue weighted by Crippen LogP contribution is -2.54. The van der Waals surface area contributed by atoms with E-state index in [1.165, 1.54) is 23.9 Å². The fourth-order valence-corrected chi connectivity index (χ4v) is 6.16. The van der Waals surface area contributed by atoms with Crippen LogP contribution in [0.5, 0.6) is 0 Å². The van der Waals surface area contributed by atoms with Gasteiger partial charge in [0.1, 0.15) is 16.4 Å². The van der Waals surface area contributed by atoms with Crippen molar-refractivity contribution in [2.24, 2.45) is 0 Å². The summed E-state index contributed by atoms with van der Waals surface area (Å²) in [7, 11) is -4.04. The maximum atomic E-state index is 12.4. The van der Waals surface area contributed by atoms with E-state index in [1.54, 1.807) is 48.8 Å². The number of hydrogen-bond acceptors (Lipinski definition) is 9. The van der Waals surface area contributed by atoms with Crippen LogP contribution in [0, 0.1) is 0 Å². The molecule has 14 heteroatoms. The lowest BCUT2D eigenvalue weighted by atomic mass is 9.90. The predicted molar refractivity (Wildman–Crippen MR) is 163 cm³/mol. The minimum absolute atomic E-state index is 0.0337. The number of carbonyl (C=O) groups is 2. The Bertz CT molecular complexity index is 1520. The van der Waals surface area contributed by atoms with Crippen LogP contribution in [-0.4, -0.2) is 54.7 Å². The third-order valence-corrected chi connectivity index (χ3v) is 9.16. The van der Waals surface area contributed by atoms with Crippen molar-refractivity contribution >= 4 is 57.0 Å². The third kappa shape index (κ3) is 8.49. The number of benzene rings is 2. The lowest BCUT2D eigenvalue weighted by molar-refractivity contribution is 0.0448. The van der Waals surface area contributed by atoms with Crippen LogP contribution in [0.15, 0.2) is 75.7 Å². The Labute approximate surface area is 254 Å². The highest BCUT2D eigenvalue weighted by Gasteiger charge is 2.33. The van der Waals surface area contributed by atoms with Crippen LogP contribution in [0.2, 0.25) is 5.02 Å². The second-order valence-electron chi connectivity index (χ2n) is 11.0. The molecule has 0 unspecified atom stereocenters. The van der Waals surface area contributed by atoms with Gasteiger partial charge in [0, 0.05) is 23.5 Å². The SMILES string of the molecule is CC1(NC(=O)OC(C)(C)C)CCN(c2cnc(Sc3cccc(NC(=O)NS(=O)(=O)c4ccccc4)c3Cl)cn2)CC1. The largest absolute Gasteiger partial charge is 0.444 e. The van der Waals surface area contributed by atoms with E-state index in [9.17, 15) is 18.0 Å². The molecule has 1 saturated heterocycles. The number of piperidine rings is 1. The molecule has 3 amide bonds. The summed E-state index contributed by atoms with van der Waals surface area (Å²) in [6, 6.07) is 11.7. The van der Waals surface area contributed by atoms with E-state index in [1.807, 2.05) is 32.4 Å². The van der Waals surface area contributed by atoms with Crippen molar-refractivity contribution in [1.82, 2.24) is 20.0 Å². The van der Waals surface area contributed by atoms with E-state index in [0.29, 0.717) is 23.0 Å². The number of anilines is 2. The topological polar surface area (TPSA) is 143 Å². The number of nitrogens with one attached hydrogen (secondary N) is 3. The minimum atomic E-state index is -4.04. The summed E-state index contributed by atoms with van der Waals surface area (Å²) in [6.07, 6.45) is 4.35. The molecule has 2 aromatic carbocycles. The first-order chi connectivity index (χ1) is 19.7. The van der Waals surface area contributed by atoms with Crippen LogP contribution in [-0.2, 0) is 14.8 Å². The van der Waals surface area contributed by atoms with E-state index in [0.717, 1.165) is 18.7 Å². The van der Waals surface area contributed by atoms with Gasteiger partial charge in [-0.1, -0.05) is 47.6 Å². The second kappa shape index (κ2) is 12.8. The van der Waals surface area contributed by atoms with Gasteiger partial charge in [0.25, 0.3) is 10.0 Å². The number of halogens is 1. The average Bonchev–Trinajstić information content (AvgIpc) is 2.91. The number of ether oxygens (including phenoxy) is 1. The molecule has 4 rings (SSSR count). The second-order valence-corrected chi connectivity index (χ2v) is 14.1. The monoisotopic (exact) mass is 632 g/mol. The first kappa shape index (κ1) is 31.4. The quantitative estimate of drug-likeness (QED) is 0.300. The molecule has 0 spiro atoms. The molecule has 3 N–H and O–H groups in total. The van der Waals surface area contributed by atoms with Gasteiger partial charge in [-0.05, 0) is 64.8 Å². The van der Waals surface area contributed by atoms with Crippen LogP contribution in [0.25, 0.3) is 0 Å². The molecular weight excluding hydrogens is 600 g/mol. The summed E-state index contributed by atoms with van der Waals surface area (Å²) >= 11 is 7.79. The van der Waals surface area contributed by atoms with E-state index in [-0.39, 0.29) is 21.1 Å². The Hall–Kier alpha value is -3.55. The van der Waals surface area contributed by atoms with Gasteiger partial charge in [0.15, 0.2) is 0 Å². The zero-order valence-electron chi connectivity index (χ0n) is 23.7. The number of nitrogens with zero attached hydrogens (tertiary/aromatic N) is 3. The molecule has 1 aromatic heterocycles. The Morgan fingerprint density at radius 1 is 1.02 bits per heavy atom. The van der Waals surface area contributed by atoms with Crippen molar-refractivity contribution < 1.29 is 22.7 Å². The normalized spacial score (nSPS) is 15.0. The molecule has 0 radical (unpaired) electrons. The summed E-state index contributed by atoms with van der Waals surface area (Å²) < 4.78 is 32.3. The van der Waals surface area contributed by atoms with Crippen LogP contribution >= 0.6 is 23.4 Å². The van der Waals surface area contributed by atoms with Crippen LogP contribution in [0.4, 0.5) is 21.1 Å². The summed E-state index contributed by atoms with van der Waals surface area (Å²) in [6.45, 7) is 8.89. The number of amides is 3. The average molecular weight is 633 g/mol. The molecule has 0 aliphatic carbocycles. The summed E-state index contributed by atoms with van der Waals surface area (Å²) in [5.41, 5.74) is -0.692. The number of hydrogen-bond donors (Lipinski definition) is 3. The van der Waals surface area contributed by atoms with Gasteiger partial charge in [-0.2, -0.15) is 0 Å². The summed E-state index contributed by atoms with van der Waals surface area (Å²) in [4.78, 5) is 36.5. The standard InChI is InChI=1S/C28H33ClN6O5S2/c1-27(2,3)40-26(37)33-28(4)13-15-35(16-14-28)22-17-31-23(18-30-22)41-21-12-8-11-20(24(21)29)32-25(36)34-42(38,39)19-9-6-5-7-10-19/h5-12,17-18H,13-16H2,1-4H3,(H,33,37)(H2,32,34,36). The van der Waals surface area contributed by atoms with Crippen molar-refractivity contribution in [2.45, 2.75) is 66.5 Å². The van der Waals surface area contributed by atoms with Crippen LogP contribution in [0.1, 0.15) is 40.5 Å². The molecule has 0 bridgehead atoms. The highest BCUT2D eigenvalue weighted by Crippen LogP contribution is 2.37. The number of sulfonamides is 1. The highest BCUT2D eigenvalue weighted by molar-refractivity contribution is 7.99. The molecule has 2 heterocycles. The molecule has 42 heavy (non-hydrogen) atoms. The summed E-state index contributed by atoms with van der Waals surface area (Å²) in [5, 5.41) is 6.31. The number of alkyl carbamates (subject to hydrolysis) is 1. The molecule has 3 aromatic rings. The maximum absolute atomic E-state index is 12.4. The van der Waals surface area contributed by atoms with Crippen molar-refractivity contribution in [2.75, 3.05) is 23.3 Å². The molecule has 11 nitrogen and oxygen atoms in total. The number of rotatable bonds is 7. The van der Waals surface area contributed by atoms with Crippen molar-refractivity contribution in [3.8, 4) is 0 Å². The number of aromatic nitrogens is 2. The lowest BCUT2D eigenvalue weighted by Gasteiger charge is -2.40. The molecule has 224 valence electrons. The Kier molecular flexibility index (Phi) is 9.53. The molecule has 1 fully saturated rings. The smallest absolute Gasteiger partial charge is 0.408 e. The molecular formula is C28H33ClN6O5S2. The van der Waals surface area contributed by atoms with Crippen molar-refractivity contribution in [1.29, 1.82) is 0 Å². The maximum Gasteiger partial charge on any atom is 0.408 e. The van der Waals surface area contributed by atoms with E-state index >= 15 is 0 Å². The third-order valence-electron chi connectivity index (χ3n) is 6.31. The minimum Gasteiger partial charge on any atom is -0.444 e. The zero-order chi connectivity index (χ0) is 30.5. The fraction of sp³-hybridized carbons (Fsp3) is 0.357. The Balaban J connectivity index is 1.34. The van der Waals surface area contributed by atoms with Crippen molar-refractivity contribution in [3.05, 3.63) is 65.9 Å². The molecule has 0 atom stereocenters. The van der Waals surface area contributed by atoms with Gasteiger partial charge < -0.3 is 20.3 Å². The van der Waals surface area contributed by atoms with Crippen LogP contribution in [0.3, 0.4) is 0 Å². The first-order valence-corrected chi connectivity index (χ1v) is 15.8. The van der Waals surface area contributed by atoms with Gasteiger partial charge >= 0.3 is 12.1 Å². The van der Waals surface area contributed by atoms with E-state index < -0.39 is 27.7 Å². The predicted octanol–water partition coefficient (Wildman–Crippen LogP) is 5.68. The van der Waals surface area contributed by atoms with Crippen LogP contribution < -0.4 is 20.3 Å². The molecule has 1 aliphatic rings. The van der Waals surface area contributed by atoms with Gasteiger partial charge in [0.05, 0.1) is 28.0 Å². The number of carbonyl (C=O) groups excluding carboxylic acids is 2. The van der Waals surface area contributed by atoms with Gasteiger partial charge in [-0.3, -0.25) is 0 Å². The number of urea groups is 1. The fourth-order valence-electron chi connectivity index (χ4n) is 4.16. The van der Waals surface area contributed by atoms with Gasteiger partial charge in [-0.15, -0.1) is 0 Å². The summed E-state index contributed by atoms with van der Waals surface area (Å²) in [5.74, 6) is 0.719. The van der Waals surface area contributed by atoms with E-state index in [4.69, 9.17) is 16.3 Å². The van der Waals surface area contributed by atoms with E-state index in [2.05, 4.69) is 25.5 Å².